The highest BCUT2D eigenvalue weighted by Gasteiger charge is 2.33. The molecule has 23 heavy (non-hydrogen) atoms. The number of carbonyl (C=O) groups excluding carboxylic acids is 1. The molecule has 1 aliphatic rings. The van der Waals surface area contributed by atoms with E-state index in [1.807, 2.05) is 40.1 Å². The van der Waals surface area contributed by atoms with Crippen molar-refractivity contribution in [2.45, 2.75) is 39.3 Å². The van der Waals surface area contributed by atoms with Crippen LogP contribution in [-0.2, 0) is 23.1 Å². The molecule has 2 heterocycles. The maximum Gasteiger partial charge on any atom is 0.311 e. The minimum Gasteiger partial charge on any atom is -0.460 e. The van der Waals surface area contributed by atoms with E-state index < -0.39 is 5.60 Å². The summed E-state index contributed by atoms with van der Waals surface area (Å²) in [6.07, 6.45) is 2.83. The van der Waals surface area contributed by atoms with Gasteiger partial charge in [-0.25, -0.2) is 0 Å². The van der Waals surface area contributed by atoms with Crippen LogP contribution in [0.1, 0.15) is 32.9 Å². The third kappa shape index (κ3) is 4.74. The van der Waals surface area contributed by atoms with E-state index in [4.69, 9.17) is 4.74 Å². The van der Waals surface area contributed by atoms with Crippen LogP contribution in [0.5, 0.6) is 0 Å². The summed E-state index contributed by atoms with van der Waals surface area (Å²) in [7, 11) is 3.79. The number of carbonyl (C=O) groups is 1. The summed E-state index contributed by atoms with van der Waals surface area (Å²) in [6, 6.07) is 4.10. The summed E-state index contributed by atoms with van der Waals surface area (Å²) in [5, 5.41) is 3.37. The van der Waals surface area contributed by atoms with Crippen molar-refractivity contribution in [1.29, 1.82) is 0 Å². The second-order valence-corrected chi connectivity index (χ2v) is 6.98. The topological polar surface area (TPSA) is 58.9 Å². The highest BCUT2D eigenvalue weighted by atomic mass is 16.6. The molecule has 0 bridgehead atoms. The lowest BCUT2D eigenvalue weighted by Crippen LogP contribution is -2.40. The van der Waals surface area contributed by atoms with E-state index in [0.717, 1.165) is 18.9 Å². The van der Waals surface area contributed by atoms with E-state index in [-0.39, 0.29) is 11.9 Å². The van der Waals surface area contributed by atoms with Crippen molar-refractivity contribution in [3.05, 3.63) is 24.0 Å². The number of nitrogens with zero attached hydrogens (tertiary/aromatic N) is 3. The fraction of sp³-hybridized carbons (Fsp3) is 0.647. The zero-order chi connectivity index (χ0) is 17.0. The van der Waals surface area contributed by atoms with E-state index >= 15 is 0 Å². The minimum absolute atomic E-state index is 0.0807. The Morgan fingerprint density at radius 2 is 2.22 bits per heavy atom. The fourth-order valence-electron chi connectivity index (χ4n) is 2.71. The van der Waals surface area contributed by atoms with Crippen LogP contribution in [0, 0.1) is 5.92 Å². The number of ether oxygens (including phenoxy) is 1. The molecule has 2 rings (SSSR count). The van der Waals surface area contributed by atoms with Gasteiger partial charge in [0.15, 0.2) is 5.96 Å². The van der Waals surface area contributed by atoms with Crippen LogP contribution >= 0.6 is 0 Å². The summed E-state index contributed by atoms with van der Waals surface area (Å²) in [4.78, 5) is 18.7. The number of hydrogen-bond donors (Lipinski definition) is 1. The first kappa shape index (κ1) is 17.4. The smallest absolute Gasteiger partial charge is 0.311 e. The Morgan fingerprint density at radius 3 is 2.78 bits per heavy atom. The predicted molar refractivity (Wildman–Crippen MR) is 91.1 cm³/mol. The first-order chi connectivity index (χ1) is 10.8. The van der Waals surface area contributed by atoms with Gasteiger partial charge in [-0.1, -0.05) is 0 Å². The van der Waals surface area contributed by atoms with Gasteiger partial charge in [-0.3, -0.25) is 9.79 Å². The quantitative estimate of drug-likeness (QED) is 0.524. The third-order valence-electron chi connectivity index (χ3n) is 3.92. The highest BCUT2D eigenvalue weighted by molar-refractivity contribution is 5.82. The Hall–Kier alpha value is -1.98. The minimum atomic E-state index is -0.434. The number of rotatable bonds is 3. The normalized spacial score (nSPS) is 19.1. The van der Waals surface area contributed by atoms with Gasteiger partial charge in [0.2, 0.25) is 0 Å². The molecule has 1 unspecified atom stereocenters. The number of guanidine groups is 1. The lowest BCUT2D eigenvalue weighted by Gasteiger charge is -2.23. The van der Waals surface area contributed by atoms with Crippen LogP contribution in [0.4, 0.5) is 0 Å². The first-order valence-corrected chi connectivity index (χ1v) is 8.09. The zero-order valence-corrected chi connectivity index (χ0v) is 14.8. The average molecular weight is 320 g/mol. The maximum atomic E-state index is 12.2. The number of hydrogen-bond acceptors (Lipinski definition) is 3. The lowest BCUT2D eigenvalue weighted by atomic mass is 10.1. The molecule has 0 amide bonds. The summed E-state index contributed by atoms with van der Waals surface area (Å²) in [5.41, 5.74) is 0.755. The van der Waals surface area contributed by atoms with Crippen LogP contribution < -0.4 is 5.32 Å². The molecule has 128 valence electrons. The van der Waals surface area contributed by atoms with Crippen LogP contribution in [0.3, 0.4) is 0 Å². The molecule has 0 saturated carbocycles. The zero-order valence-electron chi connectivity index (χ0n) is 14.8. The molecule has 0 spiro atoms. The Balaban J connectivity index is 1.89. The van der Waals surface area contributed by atoms with Gasteiger partial charge in [-0.2, -0.15) is 0 Å². The lowest BCUT2D eigenvalue weighted by molar-refractivity contribution is -0.159. The van der Waals surface area contributed by atoms with Gasteiger partial charge in [0.1, 0.15) is 5.60 Å². The molecule has 1 aromatic heterocycles. The van der Waals surface area contributed by atoms with Crippen LogP contribution in [0.15, 0.2) is 23.3 Å². The number of likely N-dealkylation sites (tertiary alicyclic amines) is 1. The Kier molecular flexibility index (Phi) is 5.34. The van der Waals surface area contributed by atoms with Crippen molar-refractivity contribution in [2.24, 2.45) is 18.0 Å². The molecular weight excluding hydrogens is 292 g/mol. The van der Waals surface area contributed by atoms with Crippen LogP contribution in [0.25, 0.3) is 0 Å². The fourth-order valence-corrected chi connectivity index (χ4v) is 2.71. The van der Waals surface area contributed by atoms with Crippen molar-refractivity contribution in [2.75, 3.05) is 20.1 Å². The summed E-state index contributed by atoms with van der Waals surface area (Å²) < 4.78 is 7.57. The SMILES string of the molecule is CN=C(NCc1cccn1C)N1CCC(C(=O)OC(C)(C)C)C1. The maximum absolute atomic E-state index is 12.2. The third-order valence-corrected chi connectivity index (χ3v) is 3.92. The van der Waals surface area contributed by atoms with E-state index in [1.165, 1.54) is 5.69 Å². The summed E-state index contributed by atoms with van der Waals surface area (Å²) >= 11 is 0. The number of esters is 1. The standard InChI is InChI=1S/C17H28N4O2/c1-17(2,3)23-15(22)13-8-10-21(12-13)16(18-4)19-11-14-7-6-9-20(14)5/h6-7,9,13H,8,10-12H2,1-5H3,(H,18,19). The average Bonchev–Trinajstić information content (AvgIpc) is 3.08. The molecule has 0 aliphatic carbocycles. The van der Waals surface area contributed by atoms with Gasteiger partial charge in [0.25, 0.3) is 0 Å². The van der Waals surface area contributed by atoms with Crippen molar-refractivity contribution in [1.82, 2.24) is 14.8 Å². The van der Waals surface area contributed by atoms with E-state index in [2.05, 4.69) is 25.8 Å². The van der Waals surface area contributed by atoms with E-state index in [9.17, 15) is 4.79 Å². The molecule has 1 aromatic rings. The molecule has 1 fully saturated rings. The van der Waals surface area contributed by atoms with Gasteiger partial charge in [-0.05, 0) is 39.3 Å². The molecule has 6 heteroatoms. The number of nitrogens with one attached hydrogen (secondary N) is 1. The van der Waals surface area contributed by atoms with E-state index in [1.54, 1.807) is 7.05 Å². The molecule has 0 radical (unpaired) electrons. The Labute approximate surface area is 138 Å². The number of aromatic nitrogens is 1. The van der Waals surface area contributed by atoms with Crippen molar-refractivity contribution >= 4 is 11.9 Å². The predicted octanol–water partition coefficient (Wildman–Crippen LogP) is 1.76. The van der Waals surface area contributed by atoms with Gasteiger partial charge < -0.3 is 19.5 Å². The molecule has 1 aliphatic heterocycles. The Morgan fingerprint density at radius 1 is 1.48 bits per heavy atom. The van der Waals surface area contributed by atoms with E-state index in [0.29, 0.717) is 13.1 Å². The monoisotopic (exact) mass is 320 g/mol. The summed E-state index contributed by atoms with van der Waals surface area (Å²) in [6.45, 7) is 7.89. The number of aryl methyl sites for hydroxylation is 1. The number of aliphatic imine (C=N–C) groups is 1. The van der Waals surface area contributed by atoms with Gasteiger partial charge in [-0.15, -0.1) is 0 Å². The van der Waals surface area contributed by atoms with Crippen LogP contribution in [-0.4, -0.2) is 47.1 Å². The van der Waals surface area contributed by atoms with Gasteiger partial charge >= 0.3 is 5.97 Å². The summed E-state index contributed by atoms with van der Waals surface area (Å²) in [5.74, 6) is 0.637. The Bertz CT molecular complexity index is 571. The highest BCUT2D eigenvalue weighted by Crippen LogP contribution is 2.20. The van der Waals surface area contributed by atoms with Gasteiger partial charge in [0, 0.05) is 39.1 Å². The molecule has 1 N–H and O–H groups in total. The van der Waals surface area contributed by atoms with Crippen molar-refractivity contribution < 1.29 is 9.53 Å². The molecule has 1 saturated heterocycles. The van der Waals surface area contributed by atoms with Crippen molar-refractivity contribution in [3.8, 4) is 0 Å². The van der Waals surface area contributed by atoms with Crippen LogP contribution in [0.2, 0.25) is 0 Å². The first-order valence-electron chi connectivity index (χ1n) is 8.09. The molecule has 6 nitrogen and oxygen atoms in total. The van der Waals surface area contributed by atoms with Crippen molar-refractivity contribution in [3.63, 3.8) is 0 Å². The molecular formula is C17H28N4O2. The molecule has 0 aromatic carbocycles. The molecule has 1 atom stereocenters. The second-order valence-electron chi connectivity index (χ2n) is 6.98. The largest absolute Gasteiger partial charge is 0.460 e. The second kappa shape index (κ2) is 7.06. The van der Waals surface area contributed by atoms with Gasteiger partial charge in [0.05, 0.1) is 12.5 Å².